The molecule has 0 atom stereocenters. The van der Waals surface area contributed by atoms with Crippen molar-refractivity contribution in [2.24, 2.45) is 10.4 Å². The van der Waals surface area contributed by atoms with Gasteiger partial charge in [0.2, 0.25) is 0 Å². The van der Waals surface area contributed by atoms with Gasteiger partial charge in [0.1, 0.15) is 0 Å². The Hall–Kier alpha value is -0.900. The summed E-state index contributed by atoms with van der Waals surface area (Å²) >= 11 is 3.65. The molecular formula is C16H24BrN3. The molecule has 0 bridgehead atoms. The number of hydrogen-bond acceptors (Lipinski definition) is 2. The molecular weight excluding hydrogens is 314 g/mol. The topological polar surface area (TPSA) is 30.2 Å². The van der Waals surface area contributed by atoms with Crippen molar-refractivity contribution in [3.8, 4) is 0 Å². The van der Waals surface area contributed by atoms with Crippen molar-refractivity contribution in [2.75, 3.05) is 11.9 Å². The van der Waals surface area contributed by atoms with Gasteiger partial charge < -0.3 is 0 Å². The zero-order valence-corrected chi connectivity index (χ0v) is 14.7. The third kappa shape index (κ3) is 3.05. The first-order valence-electron chi connectivity index (χ1n) is 7.19. The van der Waals surface area contributed by atoms with Gasteiger partial charge in [0.25, 0.3) is 0 Å². The van der Waals surface area contributed by atoms with Gasteiger partial charge in [-0.1, -0.05) is 36.7 Å². The molecule has 1 aliphatic heterocycles. The fourth-order valence-corrected chi connectivity index (χ4v) is 3.04. The average molecular weight is 338 g/mol. The minimum atomic E-state index is 0.150. The molecule has 3 nitrogen and oxygen atoms in total. The minimum absolute atomic E-state index is 0.150. The quantitative estimate of drug-likeness (QED) is 0.746. The highest BCUT2D eigenvalue weighted by Gasteiger charge is 2.25. The van der Waals surface area contributed by atoms with Crippen LogP contribution in [0.3, 0.4) is 0 Å². The van der Waals surface area contributed by atoms with Crippen LogP contribution < -0.4 is 0 Å². The summed E-state index contributed by atoms with van der Waals surface area (Å²) in [6.45, 7) is 11.8. The molecule has 0 aromatic carbocycles. The standard InChI is InChI=1S/C16H24BrN3/c1-11(2)20-14(6-7-19-20)13-10-18-15(16(3,4)5)8-12(13)9-17/h6-7,11H,8-10H2,1-5H3. The first-order valence-corrected chi connectivity index (χ1v) is 8.31. The smallest absolute Gasteiger partial charge is 0.0663 e. The monoisotopic (exact) mass is 337 g/mol. The number of halogens is 1. The largest absolute Gasteiger partial charge is 0.288 e. The van der Waals surface area contributed by atoms with Crippen molar-refractivity contribution in [3.05, 3.63) is 23.5 Å². The molecule has 0 unspecified atom stereocenters. The number of nitrogens with zero attached hydrogens (tertiary/aromatic N) is 3. The Balaban J connectivity index is 2.37. The number of rotatable bonds is 3. The molecule has 0 saturated heterocycles. The van der Waals surface area contributed by atoms with Crippen molar-refractivity contribution >= 4 is 27.2 Å². The van der Waals surface area contributed by atoms with Crippen molar-refractivity contribution in [2.45, 2.75) is 47.1 Å². The van der Waals surface area contributed by atoms with Crippen LogP contribution in [0.25, 0.3) is 5.57 Å². The maximum absolute atomic E-state index is 4.83. The van der Waals surface area contributed by atoms with Crippen molar-refractivity contribution < 1.29 is 0 Å². The van der Waals surface area contributed by atoms with Gasteiger partial charge in [0.05, 0.1) is 12.2 Å². The lowest BCUT2D eigenvalue weighted by Crippen LogP contribution is -2.25. The molecule has 0 spiro atoms. The minimum Gasteiger partial charge on any atom is -0.288 e. The predicted molar refractivity (Wildman–Crippen MR) is 89.7 cm³/mol. The van der Waals surface area contributed by atoms with Crippen molar-refractivity contribution in [1.29, 1.82) is 0 Å². The van der Waals surface area contributed by atoms with E-state index >= 15 is 0 Å². The summed E-state index contributed by atoms with van der Waals surface area (Å²) in [7, 11) is 0. The van der Waals surface area contributed by atoms with E-state index < -0.39 is 0 Å². The van der Waals surface area contributed by atoms with Crippen LogP contribution in [0, 0.1) is 5.41 Å². The van der Waals surface area contributed by atoms with Crippen molar-refractivity contribution in [1.82, 2.24) is 9.78 Å². The summed E-state index contributed by atoms with van der Waals surface area (Å²) in [6, 6.07) is 2.48. The molecule has 1 aromatic heterocycles. The van der Waals surface area contributed by atoms with E-state index in [-0.39, 0.29) is 5.41 Å². The van der Waals surface area contributed by atoms with Crippen LogP contribution in [-0.4, -0.2) is 27.4 Å². The van der Waals surface area contributed by atoms with Gasteiger partial charge in [0, 0.05) is 35.1 Å². The highest BCUT2D eigenvalue weighted by Crippen LogP contribution is 2.32. The molecule has 0 N–H and O–H groups in total. The van der Waals surface area contributed by atoms with E-state index in [1.165, 1.54) is 22.6 Å². The molecule has 2 rings (SSSR count). The number of aromatic nitrogens is 2. The van der Waals surface area contributed by atoms with Crippen LogP contribution in [-0.2, 0) is 0 Å². The van der Waals surface area contributed by atoms with E-state index in [9.17, 15) is 0 Å². The highest BCUT2D eigenvalue weighted by atomic mass is 79.9. The Kier molecular flexibility index (Phi) is 4.52. The van der Waals surface area contributed by atoms with Gasteiger partial charge >= 0.3 is 0 Å². The summed E-state index contributed by atoms with van der Waals surface area (Å²) in [6.07, 6.45) is 2.85. The SMILES string of the molecule is CC(C)n1nccc1C1=C(CBr)CC(C(C)(C)C)=NC1. The summed E-state index contributed by atoms with van der Waals surface area (Å²) in [4.78, 5) is 4.83. The zero-order valence-electron chi connectivity index (χ0n) is 13.1. The molecule has 4 heteroatoms. The van der Waals surface area contributed by atoms with Crippen molar-refractivity contribution in [3.63, 3.8) is 0 Å². The zero-order chi connectivity index (χ0) is 14.9. The predicted octanol–water partition coefficient (Wildman–Crippen LogP) is 4.50. The van der Waals surface area contributed by atoms with E-state index in [0.29, 0.717) is 6.04 Å². The third-order valence-corrected chi connectivity index (χ3v) is 4.41. The second-order valence-corrected chi connectivity index (χ2v) is 7.22. The summed E-state index contributed by atoms with van der Waals surface area (Å²) in [5, 5.41) is 5.35. The van der Waals surface area contributed by atoms with Gasteiger partial charge in [-0.3, -0.25) is 9.67 Å². The first-order chi connectivity index (χ1) is 9.34. The van der Waals surface area contributed by atoms with E-state index in [1.807, 2.05) is 6.20 Å². The second-order valence-electron chi connectivity index (χ2n) is 6.66. The average Bonchev–Trinajstić information content (AvgIpc) is 2.86. The van der Waals surface area contributed by atoms with Gasteiger partial charge in [-0.15, -0.1) is 0 Å². The summed E-state index contributed by atoms with van der Waals surface area (Å²) in [5.74, 6) is 0. The number of allylic oxidation sites excluding steroid dienone is 1. The summed E-state index contributed by atoms with van der Waals surface area (Å²) in [5.41, 5.74) is 5.43. The van der Waals surface area contributed by atoms with Crippen LogP contribution in [0.5, 0.6) is 0 Å². The maximum atomic E-state index is 4.83. The number of dihydropyridines is 1. The highest BCUT2D eigenvalue weighted by molar-refractivity contribution is 9.09. The number of hydrogen-bond donors (Lipinski definition) is 0. The molecule has 0 saturated carbocycles. The fraction of sp³-hybridized carbons (Fsp3) is 0.625. The van der Waals surface area contributed by atoms with Crippen LogP contribution in [0.1, 0.15) is 52.8 Å². The van der Waals surface area contributed by atoms with Crippen LogP contribution in [0.2, 0.25) is 0 Å². The molecule has 110 valence electrons. The van der Waals surface area contributed by atoms with Crippen LogP contribution in [0.4, 0.5) is 0 Å². The molecule has 1 aliphatic rings. The Labute approximate surface area is 130 Å². The summed E-state index contributed by atoms with van der Waals surface area (Å²) < 4.78 is 2.09. The molecule has 0 amide bonds. The maximum Gasteiger partial charge on any atom is 0.0663 e. The first kappa shape index (κ1) is 15.5. The van der Waals surface area contributed by atoms with Crippen LogP contribution >= 0.6 is 15.9 Å². The van der Waals surface area contributed by atoms with Crippen LogP contribution in [0.15, 0.2) is 22.8 Å². The number of alkyl halides is 1. The molecule has 1 aromatic rings. The van der Waals surface area contributed by atoms with E-state index in [0.717, 1.165) is 18.3 Å². The van der Waals surface area contributed by atoms with Gasteiger partial charge in [-0.25, -0.2) is 0 Å². The number of aliphatic imine (C=N–C) groups is 1. The normalized spacial score (nSPS) is 16.9. The molecule has 2 heterocycles. The fourth-order valence-electron chi connectivity index (χ4n) is 2.51. The molecule has 0 radical (unpaired) electrons. The lowest BCUT2D eigenvalue weighted by Gasteiger charge is -2.28. The van der Waals surface area contributed by atoms with E-state index in [1.54, 1.807) is 0 Å². The lowest BCUT2D eigenvalue weighted by molar-refractivity contribution is 0.525. The Morgan fingerprint density at radius 1 is 1.35 bits per heavy atom. The molecule has 0 aliphatic carbocycles. The molecule has 20 heavy (non-hydrogen) atoms. The van der Waals surface area contributed by atoms with Gasteiger partial charge in [-0.05, 0) is 31.1 Å². The lowest BCUT2D eigenvalue weighted by atomic mass is 9.83. The Morgan fingerprint density at radius 2 is 2.05 bits per heavy atom. The van der Waals surface area contributed by atoms with Gasteiger partial charge in [-0.2, -0.15) is 5.10 Å². The Bertz CT molecular complexity index is 544. The third-order valence-electron chi connectivity index (χ3n) is 3.73. The van der Waals surface area contributed by atoms with E-state index in [2.05, 4.69) is 66.4 Å². The van der Waals surface area contributed by atoms with Gasteiger partial charge in [0.15, 0.2) is 0 Å². The van der Waals surface area contributed by atoms with E-state index in [4.69, 9.17) is 4.99 Å². The Morgan fingerprint density at radius 3 is 2.60 bits per heavy atom. The second kappa shape index (κ2) is 5.84. The molecule has 0 fully saturated rings.